The molecule has 4 atom stereocenters. The van der Waals surface area contributed by atoms with Gasteiger partial charge in [0.1, 0.15) is 0 Å². The lowest BCUT2D eigenvalue weighted by Gasteiger charge is -2.50. The summed E-state index contributed by atoms with van der Waals surface area (Å²) in [6.07, 6.45) is 12.9. The lowest BCUT2D eigenvalue weighted by molar-refractivity contribution is 0.00161. The second kappa shape index (κ2) is 8.44. The Labute approximate surface area is 129 Å². The molecule has 0 N–H and O–H groups in total. The Bertz CT molecular complexity index is 253. The lowest BCUT2D eigenvalue weighted by Crippen LogP contribution is -2.41. The topological polar surface area (TPSA) is 0 Å². The summed E-state index contributed by atoms with van der Waals surface area (Å²) in [7, 11) is 0. The molecule has 0 aromatic heterocycles. The molecule has 1 aliphatic carbocycles. The quantitative estimate of drug-likeness (QED) is 0.417. The van der Waals surface area contributed by atoms with Gasteiger partial charge >= 0.3 is 0 Å². The Morgan fingerprint density at radius 2 is 1.60 bits per heavy atom. The van der Waals surface area contributed by atoms with Crippen LogP contribution in [0.4, 0.5) is 0 Å². The highest BCUT2D eigenvalue weighted by Gasteiger charge is 2.43. The van der Waals surface area contributed by atoms with E-state index >= 15 is 0 Å². The first-order valence-corrected chi connectivity index (χ1v) is 9.47. The van der Waals surface area contributed by atoms with Crippen molar-refractivity contribution >= 4 is 0 Å². The summed E-state index contributed by atoms with van der Waals surface area (Å²) in [5, 5.41) is 0. The van der Waals surface area contributed by atoms with Gasteiger partial charge in [0.05, 0.1) is 0 Å². The highest BCUT2D eigenvalue weighted by molar-refractivity contribution is 4.92. The van der Waals surface area contributed by atoms with E-state index in [9.17, 15) is 0 Å². The molecule has 0 heteroatoms. The largest absolute Gasteiger partial charge is 0.0654 e. The van der Waals surface area contributed by atoms with Crippen LogP contribution in [-0.2, 0) is 0 Å². The molecule has 1 fully saturated rings. The Kier molecular flexibility index (Phi) is 7.62. The fourth-order valence-corrected chi connectivity index (χ4v) is 4.57. The Morgan fingerprint density at radius 1 is 0.950 bits per heavy atom. The van der Waals surface area contributed by atoms with Crippen LogP contribution >= 0.6 is 0 Å². The summed E-state index contributed by atoms with van der Waals surface area (Å²) in [5.41, 5.74) is 0.574. The van der Waals surface area contributed by atoms with Crippen molar-refractivity contribution < 1.29 is 0 Å². The fraction of sp³-hybridized carbons (Fsp3) is 1.00. The molecular weight excluding hydrogens is 240 g/mol. The average molecular weight is 281 g/mol. The van der Waals surface area contributed by atoms with Crippen molar-refractivity contribution in [1.82, 2.24) is 0 Å². The molecule has 1 saturated carbocycles. The molecule has 0 saturated heterocycles. The van der Waals surface area contributed by atoms with Crippen molar-refractivity contribution in [3.8, 4) is 0 Å². The van der Waals surface area contributed by atoms with E-state index in [0.717, 1.165) is 23.7 Å². The van der Waals surface area contributed by atoms with Gasteiger partial charge in [-0.05, 0) is 48.3 Å². The maximum atomic E-state index is 2.57. The maximum absolute atomic E-state index is 2.57. The molecule has 120 valence electrons. The molecule has 0 radical (unpaired) electrons. The molecule has 0 aliphatic heterocycles. The zero-order valence-corrected chi connectivity index (χ0v) is 15.2. The number of hydrogen-bond donors (Lipinski definition) is 0. The van der Waals surface area contributed by atoms with Gasteiger partial charge < -0.3 is 0 Å². The molecular formula is C20H40. The molecule has 0 nitrogen and oxygen atoms in total. The van der Waals surface area contributed by atoms with Gasteiger partial charge in [-0.15, -0.1) is 0 Å². The summed E-state index contributed by atoms with van der Waals surface area (Å²) < 4.78 is 0. The van der Waals surface area contributed by atoms with Crippen molar-refractivity contribution in [3.63, 3.8) is 0 Å². The second-order valence-corrected chi connectivity index (χ2v) is 8.09. The minimum atomic E-state index is 0.574. The summed E-state index contributed by atoms with van der Waals surface area (Å²) in [4.78, 5) is 0. The Morgan fingerprint density at radius 3 is 2.15 bits per heavy atom. The van der Waals surface area contributed by atoms with Crippen LogP contribution in [0.2, 0.25) is 0 Å². The zero-order chi connectivity index (χ0) is 15.2. The van der Waals surface area contributed by atoms with Crippen LogP contribution in [0.5, 0.6) is 0 Å². The van der Waals surface area contributed by atoms with Gasteiger partial charge in [0.2, 0.25) is 0 Å². The average Bonchev–Trinajstić information content (AvgIpc) is 2.43. The molecule has 0 bridgehead atoms. The third kappa shape index (κ3) is 4.50. The molecule has 0 aromatic carbocycles. The van der Waals surface area contributed by atoms with Crippen LogP contribution in [0, 0.1) is 29.1 Å². The van der Waals surface area contributed by atoms with E-state index in [4.69, 9.17) is 0 Å². The normalized spacial score (nSPS) is 31.2. The van der Waals surface area contributed by atoms with E-state index in [2.05, 4.69) is 41.5 Å². The van der Waals surface area contributed by atoms with Gasteiger partial charge in [0.15, 0.2) is 0 Å². The molecule has 4 unspecified atom stereocenters. The van der Waals surface area contributed by atoms with E-state index in [1.807, 2.05) is 0 Å². The first-order chi connectivity index (χ1) is 9.47. The third-order valence-electron chi connectivity index (χ3n) is 6.63. The second-order valence-electron chi connectivity index (χ2n) is 8.09. The van der Waals surface area contributed by atoms with Gasteiger partial charge in [-0.3, -0.25) is 0 Å². The van der Waals surface area contributed by atoms with Crippen LogP contribution in [0.25, 0.3) is 0 Å². The molecule has 1 rings (SSSR count). The van der Waals surface area contributed by atoms with Gasteiger partial charge in [0, 0.05) is 0 Å². The number of hydrogen-bond acceptors (Lipinski definition) is 0. The van der Waals surface area contributed by atoms with Crippen LogP contribution in [0.3, 0.4) is 0 Å². The standard InChI is InChI=1S/C20H40/c1-7-10-11-12-13-19-15-17(16(4)8-2)14-18(9-3)20(19,5)6/h16-19H,7-15H2,1-6H3. The molecule has 1 aliphatic rings. The van der Waals surface area contributed by atoms with Crippen LogP contribution < -0.4 is 0 Å². The monoisotopic (exact) mass is 280 g/mol. The number of rotatable bonds is 8. The van der Waals surface area contributed by atoms with E-state index in [-0.39, 0.29) is 0 Å². The van der Waals surface area contributed by atoms with Gasteiger partial charge in [0.25, 0.3) is 0 Å². The fourth-order valence-electron chi connectivity index (χ4n) is 4.57. The molecule has 0 amide bonds. The summed E-state index contributed by atoms with van der Waals surface area (Å²) in [5.74, 6) is 3.84. The van der Waals surface area contributed by atoms with Crippen molar-refractivity contribution in [2.75, 3.05) is 0 Å². The SMILES string of the molecule is CCCCCCC1CC(C(C)CC)CC(CC)C1(C)C. The van der Waals surface area contributed by atoms with Gasteiger partial charge in [-0.25, -0.2) is 0 Å². The molecule has 0 spiro atoms. The van der Waals surface area contributed by atoms with Crippen LogP contribution in [0.1, 0.15) is 99.3 Å². The number of unbranched alkanes of at least 4 members (excludes halogenated alkanes) is 3. The predicted molar refractivity (Wildman–Crippen MR) is 92.0 cm³/mol. The van der Waals surface area contributed by atoms with E-state index in [0.29, 0.717) is 5.41 Å². The Hall–Kier alpha value is 0. The first-order valence-electron chi connectivity index (χ1n) is 9.47. The Balaban J connectivity index is 2.65. The van der Waals surface area contributed by atoms with Gasteiger partial charge in [-0.2, -0.15) is 0 Å². The van der Waals surface area contributed by atoms with Crippen molar-refractivity contribution in [3.05, 3.63) is 0 Å². The van der Waals surface area contributed by atoms with Crippen molar-refractivity contribution in [2.45, 2.75) is 99.3 Å². The minimum absolute atomic E-state index is 0.574. The molecule has 0 heterocycles. The lowest BCUT2D eigenvalue weighted by atomic mass is 9.56. The highest BCUT2D eigenvalue weighted by atomic mass is 14.5. The van der Waals surface area contributed by atoms with Gasteiger partial charge in [-0.1, -0.05) is 80.1 Å². The predicted octanol–water partition coefficient (Wildman–Crippen LogP) is 7.08. The highest BCUT2D eigenvalue weighted by Crippen LogP contribution is 2.52. The van der Waals surface area contributed by atoms with E-state index in [1.54, 1.807) is 0 Å². The zero-order valence-electron chi connectivity index (χ0n) is 15.2. The smallest absolute Gasteiger partial charge is 0.0297 e. The molecule has 20 heavy (non-hydrogen) atoms. The summed E-state index contributed by atoms with van der Waals surface area (Å²) in [6, 6.07) is 0. The van der Waals surface area contributed by atoms with Crippen molar-refractivity contribution in [1.29, 1.82) is 0 Å². The van der Waals surface area contributed by atoms with Crippen molar-refractivity contribution in [2.24, 2.45) is 29.1 Å². The first kappa shape index (κ1) is 18.1. The molecule has 0 aromatic rings. The summed E-state index contributed by atoms with van der Waals surface area (Å²) in [6.45, 7) is 14.7. The maximum Gasteiger partial charge on any atom is -0.0297 e. The van der Waals surface area contributed by atoms with E-state index < -0.39 is 0 Å². The minimum Gasteiger partial charge on any atom is -0.0654 e. The van der Waals surface area contributed by atoms with Crippen LogP contribution in [-0.4, -0.2) is 0 Å². The van der Waals surface area contributed by atoms with E-state index in [1.165, 1.54) is 57.8 Å². The third-order valence-corrected chi connectivity index (χ3v) is 6.63. The van der Waals surface area contributed by atoms with Crippen LogP contribution in [0.15, 0.2) is 0 Å². The summed E-state index contributed by atoms with van der Waals surface area (Å²) >= 11 is 0.